The van der Waals surface area contributed by atoms with Crippen molar-refractivity contribution in [2.24, 2.45) is 7.05 Å². The van der Waals surface area contributed by atoms with Gasteiger partial charge in [-0.15, -0.1) is 0 Å². The highest BCUT2D eigenvalue weighted by Crippen LogP contribution is 2.19. The van der Waals surface area contributed by atoms with Gasteiger partial charge in [0.15, 0.2) is 0 Å². The Hall–Kier alpha value is -2.31. The molecule has 7 heteroatoms. The van der Waals surface area contributed by atoms with Gasteiger partial charge in [0.05, 0.1) is 12.2 Å². The van der Waals surface area contributed by atoms with E-state index in [-0.39, 0.29) is 5.56 Å². The normalized spacial score (nSPS) is 10.6. The second-order valence-electron chi connectivity index (χ2n) is 4.02. The minimum atomic E-state index is -1.00. The SMILES string of the molecule is Cc1cc(CNc2c(C(=O)O)c(C)nn2C)no1. The topological polar surface area (TPSA) is 93.2 Å². The van der Waals surface area contributed by atoms with E-state index < -0.39 is 5.97 Å². The number of carboxylic acid groups (broad SMARTS) is 1. The maximum absolute atomic E-state index is 11.1. The highest BCUT2D eigenvalue weighted by molar-refractivity contribution is 5.94. The van der Waals surface area contributed by atoms with E-state index in [1.165, 1.54) is 4.68 Å². The monoisotopic (exact) mass is 250 g/mol. The maximum atomic E-state index is 11.1. The summed E-state index contributed by atoms with van der Waals surface area (Å²) in [6, 6.07) is 1.79. The van der Waals surface area contributed by atoms with Crippen LogP contribution in [-0.4, -0.2) is 26.0 Å². The summed E-state index contributed by atoms with van der Waals surface area (Å²) in [5, 5.41) is 20.1. The summed E-state index contributed by atoms with van der Waals surface area (Å²) in [6.45, 7) is 3.85. The van der Waals surface area contributed by atoms with E-state index in [1.54, 1.807) is 27.0 Å². The zero-order valence-electron chi connectivity index (χ0n) is 10.4. The number of anilines is 1. The van der Waals surface area contributed by atoms with Crippen LogP contribution in [0.5, 0.6) is 0 Å². The lowest BCUT2D eigenvalue weighted by Crippen LogP contribution is -2.09. The van der Waals surface area contributed by atoms with Crippen LogP contribution in [0.3, 0.4) is 0 Å². The molecule has 96 valence electrons. The van der Waals surface area contributed by atoms with Crippen molar-refractivity contribution in [2.45, 2.75) is 20.4 Å². The van der Waals surface area contributed by atoms with E-state index in [9.17, 15) is 4.79 Å². The molecule has 0 amide bonds. The first kappa shape index (κ1) is 12.2. The van der Waals surface area contributed by atoms with Crippen molar-refractivity contribution in [2.75, 3.05) is 5.32 Å². The van der Waals surface area contributed by atoms with Gasteiger partial charge in [-0.05, 0) is 13.8 Å². The van der Waals surface area contributed by atoms with Crippen molar-refractivity contribution in [3.63, 3.8) is 0 Å². The van der Waals surface area contributed by atoms with Gasteiger partial charge in [0, 0.05) is 13.1 Å². The van der Waals surface area contributed by atoms with Gasteiger partial charge in [0.25, 0.3) is 0 Å². The van der Waals surface area contributed by atoms with Crippen LogP contribution in [0.1, 0.15) is 27.5 Å². The number of aromatic nitrogens is 3. The van der Waals surface area contributed by atoms with E-state index in [0.29, 0.717) is 29.5 Å². The summed E-state index contributed by atoms with van der Waals surface area (Å²) < 4.78 is 6.44. The summed E-state index contributed by atoms with van der Waals surface area (Å²) in [7, 11) is 1.69. The van der Waals surface area contributed by atoms with Gasteiger partial charge in [0.2, 0.25) is 0 Å². The molecule has 0 aliphatic rings. The Balaban J connectivity index is 2.21. The molecule has 2 aromatic rings. The number of rotatable bonds is 4. The van der Waals surface area contributed by atoms with Gasteiger partial charge in [-0.3, -0.25) is 4.68 Å². The van der Waals surface area contributed by atoms with Crippen LogP contribution >= 0.6 is 0 Å². The fourth-order valence-corrected chi connectivity index (χ4v) is 1.79. The molecule has 7 nitrogen and oxygen atoms in total. The Morgan fingerprint density at radius 2 is 2.28 bits per heavy atom. The first-order valence-electron chi connectivity index (χ1n) is 5.42. The number of aromatic carboxylic acids is 1. The standard InChI is InChI=1S/C11H14N4O3/c1-6-4-8(14-18-6)5-12-10-9(11(16)17)7(2)13-15(10)3/h4,12H,5H2,1-3H3,(H,16,17). The molecule has 0 aromatic carbocycles. The Labute approximate surface area is 103 Å². The second kappa shape index (κ2) is 4.52. The highest BCUT2D eigenvalue weighted by atomic mass is 16.5. The molecule has 0 unspecified atom stereocenters. The van der Waals surface area contributed by atoms with Crippen LogP contribution in [0.2, 0.25) is 0 Å². The number of carbonyl (C=O) groups is 1. The Morgan fingerprint density at radius 3 is 2.83 bits per heavy atom. The molecular weight excluding hydrogens is 236 g/mol. The van der Waals surface area contributed by atoms with E-state index in [1.807, 2.05) is 0 Å². The largest absolute Gasteiger partial charge is 0.477 e. The summed E-state index contributed by atoms with van der Waals surface area (Å²) in [5.74, 6) is 0.173. The maximum Gasteiger partial charge on any atom is 0.341 e. The van der Waals surface area contributed by atoms with Gasteiger partial charge in [-0.2, -0.15) is 5.10 Å². The fraction of sp³-hybridized carbons (Fsp3) is 0.364. The molecule has 18 heavy (non-hydrogen) atoms. The Kier molecular flexibility index (Phi) is 3.05. The third-order valence-corrected chi connectivity index (χ3v) is 2.55. The molecule has 0 bridgehead atoms. The molecule has 0 saturated carbocycles. The number of carboxylic acids is 1. The molecule has 0 aliphatic carbocycles. The first-order valence-corrected chi connectivity index (χ1v) is 5.42. The molecular formula is C11H14N4O3. The first-order chi connectivity index (χ1) is 8.49. The second-order valence-corrected chi connectivity index (χ2v) is 4.02. The lowest BCUT2D eigenvalue weighted by molar-refractivity contribution is 0.0697. The molecule has 2 N–H and O–H groups in total. The van der Waals surface area contributed by atoms with Crippen LogP contribution in [0.4, 0.5) is 5.82 Å². The predicted octanol–water partition coefficient (Wildman–Crippen LogP) is 1.34. The smallest absolute Gasteiger partial charge is 0.341 e. The number of nitrogens with zero attached hydrogens (tertiary/aromatic N) is 3. The fourth-order valence-electron chi connectivity index (χ4n) is 1.79. The van der Waals surface area contributed by atoms with E-state index in [4.69, 9.17) is 9.63 Å². The quantitative estimate of drug-likeness (QED) is 0.850. The Morgan fingerprint density at radius 1 is 1.56 bits per heavy atom. The number of hydrogen-bond acceptors (Lipinski definition) is 5. The molecule has 0 fully saturated rings. The van der Waals surface area contributed by atoms with E-state index in [2.05, 4.69) is 15.6 Å². The van der Waals surface area contributed by atoms with Gasteiger partial charge in [-0.25, -0.2) is 4.79 Å². The summed E-state index contributed by atoms with van der Waals surface area (Å²) in [5.41, 5.74) is 1.37. The van der Waals surface area contributed by atoms with Crippen molar-refractivity contribution >= 4 is 11.8 Å². The van der Waals surface area contributed by atoms with Crippen LogP contribution in [0.15, 0.2) is 10.6 Å². The molecule has 2 heterocycles. The average Bonchev–Trinajstić information content (AvgIpc) is 2.79. The lowest BCUT2D eigenvalue weighted by atomic mass is 10.2. The highest BCUT2D eigenvalue weighted by Gasteiger charge is 2.19. The minimum absolute atomic E-state index is 0.178. The number of aryl methyl sites for hydroxylation is 3. The summed E-state index contributed by atoms with van der Waals surface area (Å²) >= 11 is 0. The predicted molar refractivity (Wildman–Crippen MR) is 63.5 cm³/mol. The van der Waals surface area contributed by atoms with Gasteiger partial charge in [-0.1, -0.05) is 5.16 Å². The van der Waals surface area contributed by atoms with Crippen LogP contribution < -0.4 is 5.32 Å². The molecule has 0 saturated heterocycles. The van der Waals surface area contributed by atoms with Crippen molar-refractivity contribution < 1.29 is 14.4 Å². The van der Waals surface area contributed by atoms with Gasteiger partial charge < -0.3 is 14.9 Å². The summed E-state index contributed by atoms with van der Waals surface area (Å²) in [6.07, 6.45) is 0. The molecule has 0 radical (unpaired) electrons. The average molecular weight is 250 g/mol. The zero-order chi connectivity index (χ0) is 13.3. The van der Waals surface area contributed by atoms with Crippen molar-refractivity contribution in [1.29, 1.82) is 0 Å². The molecule has 0 atom stereocenters. The molecule has 0 aliphatic heterocycles. The number of nitrogens with one attached hydrogen (secondary N) is 1. The molecule has 2 aromatic heterocycles. The van der Waals surface area contributed by atoms with E-state index in [0.717, 1.165) is 0 Å². The molecule has 2 rings (SSSR count). The lowest BCUT2D eigenvalue weighted by Gasteiger charge is -2.05. The van der Waals surface area contributed by atoms with Crippen LogP contribution in [0, 0.1) is 13.8 Å². The van der Waals surface area contributed by atoms with Gasteiger partial charge >= 0.3 is 5.97 Å². The van der Waals surface area contributed by atoms with Crippen molar-refractivity contribution in [3.05, 3.63) is 28.8 Å². The Bertz CT molecular complexity index is 585. The molecule has 0 spiro atoms. The van der Waals surface area contributed by atoms with Gasteiger partial charge in [0.1, 0.15) is 22.8 Å². The van der Waals surface area contributed by atoms with Crippen LogP contribution in [0.25, 0.3) is 0 Å². The van der Waals surface area contributed by atoms with Crippen molar-refractivity contribution in [3.8, 4) is 0 Å². The third-order valence-electron chi connectivity index (χ3n) is 2.55. The summed E-state index contributed by atoms with van der Waals surface area (Å²) in [4.78, 5) is 11.1. The third kappa shape index (κ3) is 2.20. The number of hydrogen-bond donors (Lipinski definition) is 2. The van der Waals surface area contributed by atoms with Crippen molar-refractivity contribution in [1.82, 2.24) is 14.9 Å². The zero-order valence-corrected chi connectivity index (χ0v) is 10.4. The minimum Gasteiger partial charge on any atom is -0.477 e. The van der Waals surface area contributed by atoms with Crippen LogP contribution in [-0.2, 0) is 13.6 Å². The van der Waals surface area contributed by atoms with E-state index >= 15 is 0 Å².